The summed E-state index contributed by atoms with van der Waals surface area (Å²) in [6, 6.07) is 3.49. The van der Waals surface area contributed by atoms with Gasteiger partial charge in [-0.2, -0.15) is 0 Å². The average molecular weight is 568 g/mol. The van der Waals surface area contributed by atoms with E-state index in [0.717, 1.165) is 56.5 Å². The molecule has 0 radical (unpaired) electrons. The maximum atomic E-state index is 11.9. The van der Waals surface area contributed by atoms with Crippen LogP contribution in [0.15, 0.2) is 97.4 Å². The largest absolute Gasteiger partial charge is 0.355 e. The van der Waals surface area contributed by atoms with Crippen molar-refractivity contribution in [3.63, 3.8) is 0 Å². The summed E-state index contributed by atoms with van der Waals surface area (Å²) in [7, 11) is 3.39. The molecule has 0 unspecified atom stereocenters. The number of hydrogen-bond donors (Lipinski definition) is 2. The summed E-state index contributed by atoms with van der Waals surface area (Å²) < 4.78 is 0. The molecule has 0 fully saturated rings. The van der Waals surface area contributed by atoms with Gasteiger partial charge in [0.2, 0.25) is 5.91 Å². The molecule has 212 valence electrons. The number of aromatic nitrogens is 1. The molecule has 2 N–H and O–H groups in total. The number of pyridine rings is 1. The van der Waals surface area contributed by atoms with E-state index in [4.69, 9.17) is 0 Å². The van der Waals surface area contributed by atoms with E-state index in [9.17, 15) is 9.59 Å². The third-order valence-electron chi connectivity index (χ3n) is 5.12. The highest BCUT2D eigenvalue weighted by molar-refractivity contribution is 8.76. The second-order valence-electron chi connectivity index (χ2n) is 8.45. The van der Waals surface area contributed by atoms with Crippen LogP contribution in [-0.2, 0) is 4.79 Å². The molecular weight excluding hydrogens is 523 g/mol. The molecule has 5 nitrogen and oxygen atoms in total. The third-order valence-corrected chi connectivity index (χ3v) is 7.53. The van der Waals surface area contributed by atoms with Crippen LogP contribution < -0.4 is 10.6 Å². The zero-order valence-electron chi connectivity index (χ0n) is 23.3. The Hall–Kier alpha value is -2.77. The van der Waals surface area contributed by atoms with Crippen molar-refractivity contribution >= 4 is 33.4 Å². The summed E-state index contributed by atoms with van der Waals surface area (Å²) in [5.74, 6) is 1.64. The number of carbonyl (C=O) groups is 2. The minimum absolute atomic E-state index is 0.0869. The first-order valence-electron chi connectivity index (χ1n) is 13.8. The molecule has 39 heavy (non-hydrogen) atoms. The van der Waals surface area contributed by atoms with Gasteiger partial charge in [0, 0.05) is 43.4 Å². The van der Waals surface area contributed by atoms with E-state index in [2.05, 4.69) is 95.5 Å². The van der Waals surface area contributed by atoms with Gasteiger partial charge >= 0.3 is 0 Å². The van der Waals surface area contributed by atoms with Crippen molar-refractivity contribution in [1.82, 2.24) is 15.6 Å². The summed E-state index contributed by atoms with van der Waals surface area (Å²) in [4.78, 5) is 27.8. The van der Waals surface area contributed by atoms with Gasteiger partial charge in [0.1, 0.15) is 0 Å². The number of amides is 2. The normalized spacial score (nSPS) is 12.2. The first-order chi connectivity index (χ1) is 19.2. The lowest BCUT2D eigenvalue weighted by atomic mass is 10.2. The van der Waals surface area contributed by atoms with E-state index < -0.39 is 0 Å². The second kappa shape index (κ2) is 26.8. The molecule has 0 spiro atoms. The SMILES string of the molecule is CC/C=C\C/C=C\C/C=C\C/C=C\C/C=C\C/C=C\CCC(=O)NCCSSCCNC(=O)c1cccnc1. The smallest absolute Gasteiger partial charge is 0.252 e. The monoisotopic (exact) mass is 567 g/mol. The fraction of sp³-hybridized carbons (Fsp3) is 0.406. The van der Waals surface area contributed by atoms with E-state index in [0.29, 0.717) is 25.1 Å². The van der Waals surface area contributed by atoms with Gasteiger partial charge in [0.05, 0.1) is 5.56 Å². The van der Waals surface area contributed by atoms with Crippen LogP contribution in [-0.4, -0.2) is 41.4 Å². The van der Waals surface area contributed by atoms with E-state index in [1.807, 2.05) is 0 Å². The Morgan fingerprint density at radius 1 is 0.744 bits per heavy atom. The highest BCUT2D eigenvalue weighted by Gasteiger charge is 2.03. The highest BCUT2D eigenvalue weighted by atomic mass is 33.1. The molecule has 0 saturated heterocycles. The van der Waals surface area contributed by atoms with Crippen molar-refractivity contribution in [3.8, 4) is 0 Å². The van der Waals surface area contributed by atoms with Crippen LogP contribution in [0.2, 0.25) is 0 Å². The molecule has 0 aromatic carbocycles. The van der Waals surface area contributed by atoms with Gasteiger partial charge in [-0.1, -0.05) is 101 Å². The molecule has 1 heterocycles. The first kappa shape index (κ1) is 34.3. The molecule has 0 saturated carbocycles. The summed E-state index contributed by atoms with van der Waals surface area (Å²) in [6.07, 6.45) is 36.6. The minimum Gasteiger partial charge on any atom is -0.355 e. The average Bonchev–Trinajstić information content (AvgIpc) is 2.96. The summed E-state index contributed by atoms with van der Waals surface area (Å²) in [6.45, 7) is 3.41. The fourth-order valence-corrected chi connectivity index (χ4v) is 4.91. The molecule has 2 amide bonds. The Bertz CT molecular complexity index is 938. The van der Waals surface area contributed by atoms with Crippen molar-refractivity contribution in [2.75, 3.05) is 24.6 Å². The number of hydrogen-bond acceptors (Lipinski definition) is 5. The molecule has 7 heteroatoms. The van der Waals surface area contributed by atoms with Gasteiger partial charge in [-0.25, -0.2) is 0 Å². The van der Waals surface area contributed by atoms with Crippen LogP contribution in [0, 0.1) is 0 Å². The molecule has 0 aliphatic rings. The van der Waals surface area contributed by atoms with Crippen LogP contribution in [0.25, 0.3) is 0 Å². The quantitative estimate of drug-likeness (QED) is 0.0850. The number of nitrogens with one attached hydrogen (secondary N) is 2. The highest BCUT2D eigenvalue weighted by Crippen LogP contribution is 2.19. The summed E-state index contributed by atoms with van der Waals surface area (Å²) in [5.41, 5.74) is 0.571. The lowest BCUT2D eigenvalue weighted by Gasteiger charge is -2.05. The molecule has 1 aromatic heterocycles. The Morgan fingerprint density at radius 3 is 1.77 bits per heavy atom. The zero-order chi connectivity index (χ0) is 28.1. The van der Waals surface area contributed by atoms with E-state index >= 15 is 0 Å². The molecular formula is C32H45N3O2S2. The topological polar surface area (TPSA) is 71.1 Å². The lowest BCUT2D eigenvalue weighted by Crippen LogP contribution is -2.26. The van der Waals surface area contributed by atoms with Crippen LogP contribution in [0.1, 0.15) is 68.6 Å². The van der Waals surface area contributed by atoms with Crippen molar-refractivity contribution in [1.29, 1.82) is 0 Å². The van der Waals surface area contributed by atoms with Gasteiger partial charge in [-0.05, 0) is 57.1 Å². The predicted octanol–water partition coefficient (Wildman–Crippen LogP) is 7.79. The standard InChI is InChI=1S/C32H45N3O2S2/c1-2-3-4-5-6-7-8-9-10-11-12-13-14-15-16-17-18-19-20-23-31(36)34-25-27-38-39-28-26-35-32(37)30-22-21-24-33-29-30/h3-4,6-7,9-10,12-13,15-16,18-19,21-22,24,29H,2,5,8,11,14,17,20,23,25-28H2,1H3,(H,34,36)(H,35,37)/b4-3-,7-6-,10-9-,13-12-,16-15-,19-18-. The zero-order valence-corrected chi connectivity index (χ0v) is 24.9. The minimum atomic E-state index is -0.104. The van der Waals surface area contributed by atoms with E-state index in [1.54, 1.807) is 46.1 Å². The predicted molar refractivity (Wildman–Crippen MR) is 172 cm³/mol. The molecule has 1 rings (SSSR count). The third kappa shape index (κ3) is 22.9. The molecule has 0 bridgehead atoms. The Labute approximate surface area is 243 Å². The Balaban J connectivity index is 1.89. The maximum absolute atomic E-state index is 11.9. The second-order valence-corrected chi connectivity index (χ2v) is 11.1. The van der Waals surface area contributed by atoms with E-state index in [1.165, 1.54) is 0 Å². The van der Waals surface area contributed by atoms with Gasteiger partial charge in [-0.3, -0.25) is 14.6 Å². The van der Waals surface area contributed by atoms with Gasteiger partial charge in [-0.15, -0.1) is 0 Å². The number of carbonyl (C=O) groups excluding carboxylic acids is 2. The van der Waals surface area contributed by atoms with Crippen LogP contribution in [0.5, 0.6) is 0 Å². The maximum Gasteiger partial charge on any atom is 0.252 e. The molecule has 0 aliphatic heterocycles. The van der Waals surface area contributed by atoms with Crippen molar-refractivity contribution < 1.29 is 9.59 Å². The van der Waals surface area contributed by atoms with Crippen LogP contribution in [0.4, 0.5) is 0 Å². The fourth-order valence-electron chi connectivity index (χ4n) is 3.10. The molecule has 1 aromatic rings. The van der Waals surface area contributed by atoms with Crippen molar-refractivity contribution in [3.05, 3.63) is 103 Å². The summed E-state index contributed by atoms with van der Waals surface area (Å²) >= 11 is 0. The number of nitrogens with zero attached hydrogens (tertiary/aromatic N) is 1. The first-order valence-corrected chi connectivity index (χ1v) is 16.3. The summed E-state index contributed by atoms with van der Waals surface area (Å²) in [5, 5.41) is 5.83. The number of allylic oxidation sites excluding steroid dienone is 12. The van der Waals surface area contributed by atoms with Crippen LogP contribution >= 0.6 is 21.6 Å². The Kier molecular flexibility index (Phi) is 23.6. The van der Waals surface area contributed by atoms with Crippen molar-refractivity contribution in [2.45, 2.75) is 58.3 Å². The number of rotatable bonds is 22. The van der Waals surface area contributed by atoms with Gasteiger partial charge in [0.15, 0.2) is 0 Å². The molecule has 0 atom stereocenters. The lowest BCUT2D eigenvalue weighted by molar-refractivity contribution is -0.120. The van der Waals surface area contributed by atoms with Gasteiger partial charge < -0.3 is 10.6 Å². The Morgan fingerprint density at radius 2 is 1.26 bits per heavy atom. The molecule has 0 aliphatic carbocycles. The van der Waals surface area contributed by atoms with E-state index in [-0.39, 0.29) is 11.8 Å². The van der Waals surface area contributed by atoms with Gasteiger partial charge in [0.25, 0.3) is 5.91 Å². The van der Waals surface area contributed by atoms with Crippen molar-refractivity contribution in [2.24, 2.45) is 0 Å². The van der Waals surface area contributed by atoms with Crippen LogP contribution in [0.3, 0.4) is 0 Å².